The van der Waals surface area contributed by atoms with E-state index in [-0.39, 0.29) is 11.2 Å². The molecule has 1 rings (SSSR count). The number of rotatable bonds is 3. The lowest BCUT2D eigenvalue weighted by Crippen LogP contribution is -2.24. The Kier molecular flexibility index (Phi) is 4.99. The van der Waals surface area contributed by atoms with Crippen molar-refractivity contribution < 1.29 is 4.39 Å². The normalized spacial score (nSPS) is 13.9. The van der Waals surface area contributed by atoms with Gasteiger partial charge in [0.25, 0.3) is 0 Å². The Labute approximate surface area is 114 Å². The summed E-state index contributed by atoms with van der Waals surface area (Å²) in [6.07, 6.45) is 0.966. The molecule has 1 atom stereocenters. The van der Waals surface area contributed by atoms with Crippen LogP contribution in [0.3, 0.4) is 0 Å². The van der Waals surface area contributed by atoms with Crippen LogP contribution in [0.15, 0.2) is 22.7 Å². The van der Waals surface area contributed by atoms with E-state index in [1.165, 1.54) is 11.6 Å². The highest BCUT2D eigenvalue weighted by Gasteiger charge is 2.23. The first-order valence-electron chi connectivity index (χ1n) is 5.34. The van der Waals surface area contributed by atoms with Crippen molar-refractivity contribution in [3.63, 3.8) is 0 Å². The Morgan fingerprint density at radius 1 is 1.31 bits per heavy atom. The molecule has 0 saturated carbocycles. The van der Waals surface area contributed by atoms with E-state index in [0.29, 0.717) is 10.4 Å². The quantitative estimate of drug-likeness (QED) is 0.657. The van der Waals surface area contributed by atoms with E-state index in [9.17, 15) is 4.39 Å². The van der Waals surface area contributed by atoms with Crippen LogP contribution < -0.4 is 0 Å². The summed E-state index contributed by atoms with van der Waals surface area (Å²) in [7, 11) is 0. The maximum Gasteiger partial charge on any atom is 0.137 e. The molecule has 0 aliphatic rings. The molecule has 0 fully saturated rings. The van der Waals surface area contributed by atoms with Gasteiger partial charge in [-0.15, -0.1) is 0 Å². The largest absolute Gasteiger partial charge is 0.206 e. The van der Waals surface area contributed by atoms with Gasteiger partial charge in [0.15, 0.2) is 0 Å². The van der Waals surface area contributed by atoms with E-state index < -0.39 is 0 Å². The Balaban J connectivity index is 2.83. The van der Waals surface area contributed by atoms with Crippen LogP contribution in [-0.2, 0) is 6.42 Å². The van der Waals surface area contributed by atoms with Gasteiger partial charge in [0.2, 0.25) is 0 Å². The predicted octanol–water partition coefficient (Wildman–Crippen LogP) is 5.19. The molecule has 0 saturated heterocycles. The van der Waals surface area contributed by atoms with Gasteiger partial charge in [0.05, 0.1) is 4.47 Å². The van der Waals surface area contributed by atoms with Gasteiger partial charge in [-0.25, -0.2) is 4.39 Å². The predicted molar refractivity (Wildman–Crippen MR) is 74.5 cm³/mol. The fourth-order valence-corrected chi connectivity index (χ4v) is 3.17. The Morgan fingerprint density at radius 3 is 2.38 bits per heavy atom. The third-order valence-electron chi connectivity index (χ3n) is 2.88. The Bertz CT molecular complexity index is 355. The van der Waals surface area contributed by atoms with Crippen LogP contribution in [0.25, 0.3) is 0 Å². The van der Waals surface area contributed by atoms with Gasteiger partial charge >= 0.3 is 0 Å². The topological polar surface area (TPSA) is 0 Å². The molecule has 1 aromatic rings. The maximum absolute atomic E-state index is 13.1. The lowest BCUT2D eigenvalue weighted by atomic mass is 9.78. The van der Waals surface area contributed by atoms with Gasteiger partial charge < -0.3 is 0 Å². The summed E-state index contributed by atoms with van der Waals surface area (Å²) >= 11 is 6.78. The number of hydrogen-bond donors (Lipinski definition) is 0. The van der Waals surface area contributed by atoms with Crippen molar-refractivity contribution in [2.75, 3.05) is 5.33 Å². The van der Waals surface area contributed by atoms with Gasteiger partial charge in [-0.1, -0.05) is 42.8 Å². The van der Waals surface area contributed by atoms with Crippen LogP contribution in [-0.4, -0.2) is 5.33 Å². The summed E-state index contributed by atoms with van der Waals surface area (Å²) < 4.78 is 13.6. The van der Waals surface area contributed by atoms with Crippen LogP contribution in [0, 0.1) is 17.2 Å². The molecule has 1 aromatic carbocycles. The SMILES string of the molecule is CC(C)(C)C(CBr)Cc1ccc(F)c(Br)c1. The summed E-state index contributed by atoms with van der Waals surface area (Å²) in [4.78, 5) is 0. The van der Waals surface area contributed by atoms with E-state index in [0.717, 1.165) is 11.8 Å². The minimum absolute atomic E-state index is 0.199. The third-order valence-corrected chi connectivity index (χ3v) is 4.27. The van der Waals surface area contributed by atoms with Crippen molar-refractivity contribution in [2.45, 2.75) is 27.2 Å². The summed E-state index contributed by atoms with van der Waals surface area (Å²) in [5.74, 6) is 0.347. The molecule has 0 aromatic heterocycles. The van der Waals surface area contributed by atoms with Gasteiger partial charge in [-0.3, -0.25) is 0 Å². The van der Waals surface area contributed by atoms with Crippen LogP contribution in [0.2, 0.25) is 0 Å². The highest BCUT2D eigenvalue weighted by atomic mass is 79.9. The highest BCUT2D eigenvalue weighted by Crippen LogP contribution is 2.31. The van der Waals surface area contributed by atoms with E-state index in [1.54, 1.807) is 0 Å². The zero-order chi connectivity index (χ0) is 12.3. The molecule has 16 heavy (non-hydrogen) atoms. The molecule has 0 spiro atoms. The Morgan fingerprint density at radius 2 is 1.94 bits per heavy atom. The van der Waals surface area contributed by atoms with Crippen molar-refractivity contribution in [1.82, 2.24) is 0 Å². The molecular formula is C13H17Br2F. The second kappa shape index (κ2) is 5.63. The second-order valence-electron chi connectivity index (χ2n) is 5.17. The van der Waals surface area contributed by atoms with Crippen LogP contribution in [0.1, 0.15) is 26.3 Å². The van der Waals surface area contributed by atoms with Gasteiger partial charge in [0, 0.05) is 5.33 Å². The number of benzene rings is 1. The van der Waals surface area contributed by atoms with Crippen LogP contribution in [0.5, 0.6) is 0 Å². The average Bonchev–Trinajstić information content (AvgIpc) is 2.18. The Hall–Kier alpha value is 0.110. The molecular weight excluding hydrogens is 335 g/mol. The molecule has 0 aliphatic heterocycles. The van der Waals surface area contributed by atoms with Crippen LogP contribution in [0.4, 0.5) is 4.39 Å². The lowest BCUT2D eigenvalue weighted by Gasteiger charge is -2.29. The summed E-state index contributed by atoms with van der Waals surface area (Å²) in [5, 5.41) is 0.964. The van der Waals surface area contributed by atoms with E-state index in [1.807, 2.05) is 12.1 Å². The van der Waals surface area contributed by atoms with E-state index in [4.69, 9.17) is 0 Å². The summed E-state index contributed by atoms with van der Waals surface area (Å²) in [6, 6.07) is 5.26. The maximum atomic E-state index is 13.1. The van der Waals surface area contributed by atoms with Crippen molar-refractivity contribution in [1.29, 1.82) is 0 Å². The fraction of sp³-hybridized carbons (Fsp3) is 0.538. The molecule has 0 amide bonds. The van der Waals surface area contributed by atoms with E-state index in [2.05, 4.69) is 52.6 Å². The standard InChI is InChI=1S/C13H17Br2F/c1-13(2,3)10(8-14)6-9-4-5-12(16)11(15)7-9/h4-5,7,10H,6,8H2,1-3H3. The highest BCUT2D eigenvalue weighted by molar-refractivity contribution is 9.10. The molecule has 0 nitrogen and oxygen atoms in total. The van der Waals surface area contributed by atoms with Crippen LogP contribution >= 0.6 is 31.9 Å². The summed E-state index contributed by atoms with van der Waals surface area (Å²) in [6.45, 7) is 6.70. The zero-order valence-corrected chi connectivity index (χ0v) is 13.0. The molecule has 0 N–H and O–H groups in total. The first kappa shape index (κ1) is 14.2. The minimum atomic E-state index is -0.199. The van der Waals surface area contributed by atoms with Gasteiger partial charge in [-0.2, -0.15) is 0 Å². The molecule has 0 radical (unpaired) electrons. The lowest BCUT2D eigenvalue weighted by molar-refractivity contribution is 0.267. The molecule has 0 heterocycles. The van der Waals surface area contributed by atoms with Crippen molar-refractivity contribution in [3.05, 3.63) is 34.1 Å². The average molecular weight is 352 g/mol. The molecule has 1 unspecified atom stereocenters. The van der Waals surface area contributed by atoms with Gasteiger partial charge in [0.1, 0.15) is 5.82 Å². The first-order valence-corrected chi connectivity index (χ1v) is 7.26. The van der Waals surface area contributed by atoms with Crippen molar-refractivity contribution in [3.8, 4) is 0 Å². The fourth-order valence-electron chi connectivity index (χ4n) is 1.54. The van der Waals surface area contributed by atoms with Gasteiger partial charge in [-0.05, 0) is 51.4 Å². The zero-order valence-electron chi connectivity index (χ0n) is 9.86. The number of alkyl halides is 1. The molecule has 0 aliphatic carbocycles. The molecule has 90 valence electrons. The second-order valence-corrected chi connectivity index (χ2v) is 6.67. The molecule has 0 bridgehead atoms. The monoisotopic (exact) mass is 350 g/mol. The van der Waals surface area contributed by atoms with E-state index >= 15 is 0 Å². The smallest absolute Gasteiger partial charge is 0.137 e. The third kappa shape index (κ3) is 3.85. The molecule has 3 heteroatoms. The number of hydrogen-bond acceptors (Lipinski definition) is 0. The van der Waals surface area contributed by atoms with Crippen molar-refractivity contribution in [2.24, 2.45) is 11.3 Å². The minimum Gasteiger partial charge on any atom is -0.206 e. The number of halogens is 3. The summed E-state index contributed by atoms with van der Waals surface area (Å²) in [5.41, 5.74) is 1.43. The first-order chi connectivity index (χ1) is 7.34. The van der Waals surface area contributed by atoms with Crippen molar-refractivity contribution >= 4 is 31.9 Å².